The minimum Gasteiger partial charge on any atom is -0.364 e. The zero-order valence-corrected chi connectivity index (χ0v) is 8.41. The first-order valence-electron chi connectivity index (χ1n) is 4.85. The summed E-state index contributed by atoms with van der Waals surface area (Å²) in [6.07, 6.45) is -3.27. The van der Waals surface area contributed by atoms with Crippen molar-refractivity contribution in [3.63, 3.8) is 0 Å². The number of hydrogen-bond donors (Lipinski definition) is 4. The fourth-order valence-electron chi connectivity index (χ4n) is 1.83. The summed E-state index contributed by atoms with van der Waals surface area (Å²) in [7, 11) is 0. The van der Waals surface area contributed by atoms with Crippen molar-refractivity contribution in [1.82, 2.24) is 0 Å². The standard InChI is InChI=1S/C12H12O4/c13-11(14)8-5-1-3-7-4-2-6-9(10(7)8)12(15)16/h1-6,11-16H. The van der Waals surface area contributed by atoms with Gasteiger partial charge in [0.15, 0.2) is 12.6 Å². The normalized spacial score (nSPS) is 11.6. The van der Waals surface area contributed by atoms with Crippen molar-refractivity contribution in [3.05, 3.63) is 47.5 Å². The second-order valence-electron chi connectivity index (χ2n) is 3.54. The van der Waals surface area contributed by atoms with Crippen LogP contribution in [0.25, 0.3) is 10.8 Å². The van der Waals surface area contributed by atoms with E-state index in [1.165, 1.54) is 0 Å². The number of aliphatic hydroxyl groups is 4. The molecule has 84 valence electrons. The van der Waals surface area contributed by atoms with Gasteiger partial charge in [-0.25, -0.2) is 0 Å². The predicted octanol–water partition coefficient (Wildman–Crippen LogP) is 0.806. The molecule has 4 heteroatoms. The van der Waals surface area contributed by atoms with Crippen molar-refractivity contribution >= 4 is 10.8 Å². The van der Waals surface area contributed by atoms with E-state index in [1.54, 1.807) is 36.4 Å². The SMILES string of the molecule is OC(O)c1cccc2cccc(C(O)O)c12. The molecule has 0 bridgehead atoms. The van der Waals surface area contributed by atoms with E-state index in [1.807, 2.05) is 0 Å². The Balaban J connectivity index is 2.82. The Morgan fingerprint density at radius 2 is 1.12 bits per heavy atom. The molecule has 2 rings (SSSR count). The molecular formula is C12H12O4. The highest BCUT2D eigenvalue weighted by Gasteiger charge is 2.14. The fraction of sp³-hybridized carbons (Fsp3) is 0.167. The first-order valence-corrected chi connectivity index (χ1v) is 4.85. The monoisotopic (exact) mass is 220 g/mol. The van der Waals surface area contributed by atoms with Gasteiger partial charge in [-0.05, 0) is 10.8 Å². The summed E-state index contributed by atoms with van der Waals surface area (Å²) < 4.78 is 0. The van der Waals surface area contributed by atoms with Crippen molar-refractivity contribution in [3.8, 4) is 0 Å². The Hall–Kier alpha value is -1.46. The maximum absolute atomic E-state index is 9.22. The van der Waals surface area contributed by atoms with E-state index in [-0.39, 0.29) is 11.1 Å². The average molecular weight is 220 g/mol. The molecular weight excluding hydrogens is 208 g/mol. The molecule has 0 saturated carbocycles. The molecule has 0 atom stereocenters. The van der Waals surface area contributed by atoms with Crippen LogP contribution < -0.4 is 0 Å². The molecule has 0 radical (unpaired) electrons. The molecule has 4 N–H and O–H groups in total. The van der Waals surface area contributed by atoms with E-state index in [4.69, 9.17) is 0 Å². The summed E-state index contributed by atoms with van der Waals surface area (Å²) in [6, 6.07) is 9.99. The molecule has 0 aliphatic rings. The smallest absolute Gasteiger partial charge is 0.179 e. The van der Waals surface area contributed by atoms with Crippen LogP contribution >= 0.6 is 0 Å². The Bertz CT molecular complexity index is 463. The molecule has 0 aliphatic heterocycles. The molecule has 0 fully saturated rings. The van der Waals surface area contributed by atoms with Crippen LogP contribution in [-0.2, 0) is 0 Å². The maximum Gasteiger partial charge on any atom is 0.179 e. The van der Waals surface area contributed by atoms with Gasteiger partial charge in [-0.2, -0.15) is 0 Å². The van der Waals surface area contributed by atoms with E-state index in [0.717, 1.165) is 5.39 Å². The van der Waals surface area contributed by atoms with E-state index in [2.05, 4.69) is 0 Å². The van der Waals surface area contributed by atoms with Gasteiger partial charge in [0.25, 0.3) is 0 Å². The summed E-state index contributed by atoms with van der Waals surface area (Å²) in [6.45, 7) is 0. The minimum atomic E-state index is -1.64. The maximum atomic E-state index is 9.22. The van der Waals surface area contributed by atoms with Gasteiger partial charge < -0.3 is 20.4 Å². The van der Waals surface area contributed by atoms with Gasteiger partial charge in [-0.15, -0.1) is 0 Å². The molecule has 4 nitrogen and oxygen atoms in total. The Morgan fingerprint density at radius 1 is 0.688 bits per heavy atom. The lowest BCUT2D eigenvalue weighted by atomic mass is 9.98. The fourth-order valence-corrected chi connectivity index (χ4v) is 1.83. The summed E-state index contributed by atoms with van der Waals surface area (Å²) in [5.74, 6) is 0. The van der Waals surface area contributed by atoms with Crippen molar-refractivity contribution in [2.45, 2.75) is 12.6 Å². The third-order valence-electron chi connectivity index (χ3n) is 2.53. The second-order valence-corrected chi connectivity index (χ2v) is 3.54. The van der Waals surface area contributed by atoms with Gasteiger partial charge in [0.1, 0.15) is 0 Å². The molecule has 2 aromatic carbocycles. The molecule has 16 heavy (non-hydrogen) atoms. The highest BCUT2D eigenvalue weighted by molar-refractivity contribution is 5.89. The van der Waals surface area contributed by atoms with E-state index in [9.17, 15) is 20.4 Å². The molecule has 0 saturated heterocycles. The summed E-state index contributed by atoms with van der Waals surface area (Å²) in [4.78, 5) is 0. The van der Waals surface area contributed by atoms with Crippen molar-refractivity contribution in [1.29, 1.82) is 0 Å². The zero-order valence-electron chi connectivity index (χ0n) is 8.41. The molecule has 0 amide bonds. The van der Waals surface area contributed by atoms with Gasteiger partial charge in [0.05, 0.1) is 0 Å². The number of benzene rings is 2. The molecule has 0 unspecified atom stereocenters. The molecule has 2 aromatic rings. The molecule has 0 spiro atoms. The number of rotatable bonds is 2. The van der Waals surface area contributed by atoms with E-state index >= 15 is 0 Å². The highest BCUT2D eigenvalue weighted by Crippen LogP contribution is 2.29. The van der Waals surface area contributed by atoms with Crippen LogP contribution in [0.2, 0.25) is 0 Å². The topological polar surface area (TPSA) is 80.9 Å². The lowest BCUT2D eigenvalue weighted by Crippen LogP contribution is -2.02. The van der Waals surface area contributed by atoms with Gasteiger partial charge in [0.2, 0.25) is 0 Å². The van der Waals surface area contributed by atoms with Crippen molar-refractivity contribution < 1.29 is 20.4 Å². The van der Waals surface area contributed by atoms with Crippen LogP contribution in [-0.4, -0.2) is 20.4 Å². The Morgan fingerprint density at radius 3 is 1.50 bits per heavy atom. The zero-order chi connectivity index (χ0) is 11.7. The number of fused-ring (bicyclic) bond motifs is 1. The van der Waals surface area contributed by atoms with Crippen LogP contribution in [0, 0.1) is 0 Å². The van der Waals surface area contributed by atoms with Crippen molar-refractivity contribution in [2.75, 3.05) is 0 Å². The first-order chi connectivity index (χ1) is 7.61. The van der Waals surface area contributed by atoms with Crippen LogP contribution in [0.3, 0.4) is 0 Å². The summed E-state index contributed by atoms with van der Waals surface area (Å²) in [5, 5.41) is 38.1. The largest absolute Gasteiger partial charge is 0.364 e. The Kier molecular flexibility index (Phi) is 2.89. The highest BCUT2D eigenvalue weighted by atomic mass is 16.5. The minimum absolute atomic E-state index is 0.265. The van der Waals surface area contributed by atoms with Crippen molar-refractivity contribution in [2.24, 2.45) is 0 Å². The van der Waals surface area contributed by atoms with Crippen LogP contribution in [0.4, 0.5) is 0 Å². The van der Waals surface area contributed by atoms with Gasteiger partial charge in [-0.3, -0.25) is 0 Å². The number of aliphatic hydroxyl groups excluding tert-OH is 2. The summed E-state index contributed by atoms with van der Waals surface area (Å²) in [5.41, 5.74) is 0.530. The van der Waals surface area contributed by atoms with Gasteiger partial charge in [-0.1, -0.05) is 36.4 Å². The Labute approximate surface area is 92.0 Å². The van der Waals surface area contributed by atoms with Crippen LogP contribution in [0.1, 0.15) is 23.7 Å². The van der Waals surface area contributed by atoms with E-state index in [0.29, 0.717) is 5.39 Å². The third-order valence-corrected chi connectivity index (χ3v) is 2.53. The van der Waals surface area contributed by atoms with Gasteiger partial charge >= 0.3 is 0 Å². The average Bonchev–Trinajstić information content (AvgIpc) is 2.27. The second kappa shape index (κ2) is 4.19. The van der Waals surface area contributed by atoms with Crippen LogP contribution in [0.5, 0.6) is 0 Å². The van der Waals surface area contributed by atoms with Gasteiger partial charge in [0, 0.05) is 11.1 Å². The predicted molar refractivity (Wildman–Crippen MR) is 58.3 cm³/mol. The summed E-state index contributed by atoms with van der Waals surface area (Å²) >= 11 is 0. The molecule has 0 aromatic heterocycles. The first kappa shape index (κ1) is 11.0. The molecule has 0 heterocycles. The van der Waals surface area contributed by atoms with E-state index < -0.39 is 12.6 Å². The lowest BCUT2D eigenvalue weighted by Gasteiger charge is -2.13. The lowest BCUT2D eigenvalue weighted by molar-refractivity contribution is -0.0448. The third kappa shape index (κ3) is 1.79. The quantitative estimate of drug-likeness (QED) is 0.564. The molecule has 0 aliphatic carbocycles. The number of hydrogen-bond acceptors (Lipinski definition) is 4. The van der Waals surface area contributed by atoms with Crippen LogP contribution in [0.15, 0.2) is 36.4 Å².